The molecule has 5 rings (SSSR count). The van der Waals surface area contributed by atoms with Crippen LogP contribution in [-0.4, -0.2) is 22.3 Å². The Morgan fingerprint density at radius 3 is 2.62 bits per heavy atom. The van der Waals surface area contributed by atoms with Crippen molar-refractivity contribution in [2.45, 2.75) is 77.7 Å². The molecule has 1 aromatic carbocycles. The minimum atomic E-state index is -0.755. The van der Waals surface area contributed by atoms with Crippen LogP contribution in [-0.2, 0) is 11.2 Å². The molecule has 3 heteroatoms. The van der Waals surface area contributed by atoms with Gasteiger partial charge in [0.2, 0.25) is 0 Å². The third-order valence-corrected chi connectivity index (χ3v) is 10.2. The second kappa shape index (κ2) is 8.17. The molecule has 0 aliphatic heterocycles. The van der Waals surface area contributed by atoms with Gasteiger partial charge in [-0.25, -0.2) is 4.79 Å². The fourth-order valence-electron chi connectivity index (χ4n) is 8.33. The molecule has 0 saturated heterocycles. The second-order valence-electron chi connectivity index (χ2n) is 11.5. The zero-order chi connectivity index (χ0) is 22.5. The third kappa shape index (κ3) is 3.48. The van der Waals surface area contributed by atoms with E-state index in [1.54, 1.807) is 0 Å². The summed E-state index contributed by atoms with van der Waals surface area (Å²) in [6.45, 7) is 4.87. The molecule has 1 unspecified atom stereocenters. The van der Waals surface area contributed by atoms with Crippen LogP contribution in [0.25, 0.3) is 0 Å². The number of aliphatic carboxylic acids is 1. The van der Waals surface area contributed by atoms with Crippen molar-refractivity contribution in [3.63, 3.8) is 0 Å². The van der Waals surface area contributed by atoms with Crippen molar-refractivity contribution in [3.8, 4) is 0 Å². The maximum Gasteiger partial charge on any atom is 0.331 e. The normalized spacial score (nSPS) is 39.2. The highest BCUT2D eigenvalue weighted by Crippen LogP contribution is 2.66. The number of hydrogen-bond acceptors (Lipinski definition) is 2. The first-order valence-corrected chi connectivity index (χ1v) is 12.7. The summed E-state index contributed by atoms with van der Waals surface area (Å²) >= 11 is 0. The predicted molar refractivity (Wildman–Crippen MR) is 127 cm³/mol. The molecule has 0 radical (unpaired) electrons. The summed E-state index contributed by atoms with van der Waals surface area (Å²) in [6.07, 6.45) is 13.5. The van der Waals surface area contributed by atoms with Crippen molar-refractivity contribution in [3.05, 3.63) is 59.2 Å². The molecule has 3 nitrogen and oxygen atoms in total. The zero-order valence-electron chi connectivity index (χ0n) is 19.6. The number of carbonyl (C=O) groups is 1. The van der Waals surface area contributed by atoms with Crippen LogP contribution < -0.4 is 0 Å². The number of allylic oxidation sites excluding steroid dienone is 3. The van der Waals surface area contributed by atoms with Gasteiger partial charge >= 0.3 is 5.97 Å². The first-order valence-electron chi connectivity index (χ1n) is 12.7. The van der Waals surface area contributed by atoms with Gasteiger partial charge in [0, 0.05) is 5.57 Å². The number of carboxylic acid groups (broad SMARTS) is 1. The molecule has 0 heterocycles. The lowest BCUT2D eigenvalue weighted by atomic mass is 9.47. The van der Waals surface area contributed by atoms with Crippen LogP contribution in [0.15, 0.2) is 53.6 Å². The molecule has 2 fully saturated rings. The highest BCUT2D eigenvalue weighted by atomic mass is 16.4. The van der Waals surface area contributed by atoms with E-state index in [4.69, 9.17) is 0 Å². The van der Waals surface area contributed by atoms with Crippen molar-refractivity contribution < 1.29 is 15.0 Å². The fourth-order valence-corrected chi connectivity index (χ4v) is 8.33. The molecule has 4 aliphatic carbocycles. The number of aryl methyl sites for hydroxylation is 1. The summed E-state index contributed by atoms with van der Waals surface area (Å²) in [5, 5.41) is 20.7. The van der Waals surface area contributed by atoms with Gasteiger partial charge in [-0.2, -0.15) is 0 Å². The number of rotatable bonds is 5. The molecule has 0 bridgehead atoms. The zero-order valence-corrected chi connectivity index (χ0v) is 19.6. The molecule has 172 valence electrons. The molecule has 0 spiro atoms. The van der Waals surface area contributed by atoms with Crippen LogP contribution in [0.4, 0.5) is 0 Å². The SMILES string of the molecule is C[C@]12CC[C@H]3[C@@H](CC=C4C=C(C(=O)O)CC[C@@]43C)[C@@H]1CC[C@@H]2C(O)CCc1ccccc1. The smallest absolute Gasteiger partial charge is 0.331 e. The van der Waals surface area contributed by atoms with Crippen LogP contribution in [0.2, 0.25) is 0 Å². The molecule has 2 saturated carbocycles. The summed E-state index contributed by atoms with van der Waals surface area (Å²) in [4.78, 5) is 11.5. The summed E-state index contributed by atoms with van der Waals surface area (Å²) in [7, 11) is 0. The van der Waals surface area contributed by atoms with Crippen molar-refractivity contribution in [1.29, 1.82) is 0 Å². The van der Waals surface area contributed by atoms with Gasteiger partial charge in [0.05, 0.1) is 6.10 Å². The van der Waals surface area contributed by atoms with Crippen LogP contribution >= 0.6 is 0 Å². The van der Waals surface area contributed by atoms with Gasteiger partial charge in [0.1, 0.15) is 0 Å². The van der Waals surface area contributed by atoms with Gasteiger partial charge in [-0.3, -0.25) is 0 Å². The van der Waals surface area contributed by atoms with Gasteiger partial charge in [-0.05, 0) is 110 Å². The van der Waals surface area contributed by atoms with E-state index in [0.717, 1.165) is 32.1 Å². The number of aliphatic hydroxyl groups is 1. The Bertz CT molecular complexity index is 931. The van der Waals surface area contributed by atoms with Crippen molar-refractivity contribution in [2.75, 3.05) is 0 Å². The maximum atomic E-state index is 11.5. The van der Waals surface area contributed by atoms with E-state index in [9.17, 15) is 15.0 Å². The topological polar surface area (TPSA) is 57.5 Å². The molecule has 2 N–H and O–H groups in total. The molecule has 0 aromatic heterocycles. The molecule has 32 heavy (non-hydrogen) atoms. The number of benzene rings is 1. The monoisotopic (exact) mass is 434 g/mol. The van der Waals surface area contributed by atoms with E-state index >= 15 is 0 Å². The Morgan fingerprint density at radius 2 is 1.88 bits per heavy atom. The van der Waals surface area contributed by atoms with Gasteiger partial charge in [0.15, 0.2) is 0 Å². The van der Waals surface area contributed by atoms with Crippen LogP contribution in [0.5, 0.6) is 0 Å². The van der Waals surface area contributed by atoms with Crippen LogP contribution in [0.3, 0.4) is 0 Å². The Kier molecular flexibility index (Phi) is 5.60. The highest BCUT2D eigenvalue weighted by molar-refractivity contribution is 5.87. The minimum absolute atomic E-state index is 0.118. The molecule has 0 amide bonds. The molecule has 7 atom stereocenters. The van der Waals surface area contributed by atoms with Gasteiger partial charge in [0.25, 0.3) is 0 Å². The highest BCUT2D eigenvalue weighted by Gasteiger charge is 2.59. The lowest BCUT2D eigenvalue weighted by molar-refractivity contribution is -0.133. The first-order chi connectivity index (χ1) is 15.3. The average molecular weight is 435 g/mol. The maximum absolute atomic E-state index is 11.5. The Balaban J connectivity index is 1.33. The Labute approximate surface area is 192 Å². The lowest BCUT2D eigenvalue weighted by Crippen LogP contribution is -2.50. The largest absolute Gasteiger partial charge is 0.478 e. The van der Waals surface area contributed by atoms with Gasteiger partial charge in [-0.1, -0.05) is 50.3 Å². The third-order valence-electron chi connectivity index (χ3n) is 10.2. The molecule has 1 aromatic rings. The molecular formula is C29H38O3. The Hall–Kier alpha value is -1.87. The quantitative estimate of drug-likeness (QED) is 0.582. The summed E-state index contributed by atoms with van der Waals surface area (Å²) in [5.74, 6) is 1.65. The van der Waals surface area contributed by atoms with E-state index in [1.165, 1.54) is 30.4 Å². The molecule has 4 aliphatic rings. The minimum Gasteiger partial charge on any atom is -0.478 e. The summed E-state index contributed by atoms with van der Waals surface area (Å²) in [6, 6.07) is 10.6. The van der Waals surface area contributed by atoms with E-state index in [0.29, 0.717) is 35.7 Å². The molecular weight excluding hydrogens is 396 g/mol. The van der Waals surface area contributed by atoms with E-state index < -0.39 is 5.97 Å². The Morgan fingerprint density at radius 1 is 1.09 bits per heavy atom. The first kappa shape index (κ1) is 21.9. The number of fused-ring (bicyclic) bond motifs is 5. The van der Waals surface area contributed by atoms with E-state index in [2.05, 4.69) is 50.3 Å². The van der Waals surface area contributed by atoms with Crippen LogP contribution in [0.1, 0.15) is 70.8 Å². The summed E-state index contributed by atoms with van der Waals surface area (Å²) < 4.78 is 0. The number of aliphatic hydroxyl groups excluding tert-OH is 1. The lowest BCUT2D eigenvalue weighted by Gasteiger charge is -2.57. The number of hydrogen-bond donors (Lipinski definition) is 2. The second-order valence-corrected chi connectivity index (χ2v) is 11.5. The average Bonchev–Trinajstić information content (AvgIpc) is 3.15. The predicted octanol–water partition coefficient (Wildman–Crippen LogP) is 6.18. The standard InChI is InChI=1S/C29H38O3/c1-28-16-14-20(27(31)32)18-21(28)9-10-22-23-11-12-25(29(23,2)17-15-24(22)28)26(30)13-8-19-6-4-3-5-7-19/h3-7,9,18,22-26,30H,8,10-17H2,1-2H3,(H,31,32)/t22-,23-,24-,25+,26?,28-,29-/m0/s1. The van der Waals surface area contributed by atoms with Gasteiger partial charge in [-0.15, -0.1) is 0 Å². The van der Waals surface area contributed by atoms with Crippen molar-refractivity contribution in [1.82, 2.24) is 0 Å². The summed E-state index contributed by atoms with van der Waals surface area (Å²) in [5.41, 5.74) is 3.53. The van der Waals surface area contributed by atoms with Crippen molar-refractivity contribution >= 4 is 5.97 Å². The number of carboxylic acids is 1. The fraction of sp³-hybridized carbons (Fsp3) is 0.621. The van der Waals surface area contributed by atoms with Crippen LogP contribution in [0, 0.1) is 34.5 Å². The van der Waals surface area contributed by atoms with E-state index in [1.807, 2.05) is 6.08 Å². The van der Waals surface area contributed by atoms with Crippen molar-refractivity contribution in [2.24, 2.45) is 34.5 Å². The van der Waals surface area contributed by atoms with E-state index in [-0.39, 0.29) is 16.9 Å². The van der Waals surface area contributed by atoms with Gasteiger partial charge < -0.3 is 10.2 Å².